The van der Waals surface area contributed by atoms with Crippen molar-refractivity contribution < 1.29 is 39.3 Å². The minimum absolute atomic E-state index is 0.135. The van der Waals surface area contributed by atoms with E-state index in [2.05, 4.69) is 9.08 Å². The average molecular weight is 654 g/mol. The number of alkyl halides is 3. The molecule has 13 heteroatoms. The molecule has 0 amide bonds. The summed E-state index contributed by atoms with van der Waals surface area (Å²) < 4.78 is 91.0. The molecule has 43 heavy (non-hydrogen) atoms. The van der Waals surface area contributed by atoms with Gasteiger partial charge in [-0.15, -0.1) is 0 Å². The fourth-order valence-corrected chi connectivity index (χ4v) is 6.21. The third-order valence-electron chi connectivity index (χ3n) is 6.47. The van der Waals surface area contributed by atoms with E-state index in [0.717, 1.165) is 35.4 Å². The average Bonchev–Trinajstić information content (AvgIpc) is 2.96. The highest BCUT2D eigenvalue weighted by atomic mass is 35.5. The van der Waals surface area contributed by atoms with Gasteiger partial charge in [0.05, 0.1) is 15.9 Å². The van der Waals surface area contributed by atoms with Crippen LogP contribution in [0, 0.1) is 0 Å². The van der Waals surface area contributed by atoms with Gasteiger partial charge in [0.2, 0.25) is 9.84 Å². The van der Waals surface area contributed by atoms with Crippen molar-refractivity contribution in [1.29, 1.82) is 0 Å². The Labute approximate surface area is 253 Å². The van der Waals surface area contributed by atoms with E-state index in [9.17, 15) is 35.1 Å². The van der Waals surface area contributed by atoms with E-state index >= 15 is 0 Å². The van der Waals surface area contributed by atoms with Crippen LogP contribution < -0.4 is 4.18 Å². The van der Waals surface area contributed by atoms with Crippen molar-refractivity contribution in [3.05, 3.63) is 125 Å². The molecule has 4 aromatic rings. The topological polar surface area (TPSA) is 101 Å². The number of benzene rings is 4. The van der Waals surface area contributed by atoms with E-state index in [1.54, 1.807) is 36.4 Å². The monoisotopic (exact) mass is 653 g/mol. The van der Waals surface area contributed by atoms with Crippen molar-refractivity contribution in [1.82, 2.24) is 4.90 Å². The Morgan fingerprint density at radius 1 is 0.791 bits per heavy atom. The zero-order valence-corrected chi connectivity index (χ0v) is 24.9. The fourth-order valence-electron chi connectivity index (χ4n) is 4.27. The number of hydrogen-bond donors (Lipinski definition) is 1. The van der Waals surface area contributed by atoms with Gasteiger partial charge in [0.1, 0.15) is 5.75 Å². The molecule has 1 unspecified atom stereocenters. The Morgan fingerprint density at radius 3 is 2.12 bits per heavy atom. The Kier molecular flexibility index (Phi) is 10.2. The third-order valence-corrected chi connectivity index (χ3v) is 9.45. The smallest absolute Gasteiger partial charge is 0.387 e. The first-order valence-corrected chi connectivity index (χ1v) is 16.2. The molecule has 1 N–H and O–H groups in total. The molecular formula is C30H27ClF3NO6S2. The highest BCUT2D eigenvalue weighted by Gasteiger charge is 2.48. The van der Waals surface area contributed by atoms with Gasteiger partial charge in [0, 0.05) is 30.7 Å². The zero-order valence-electron chi connectivity index (χ0n) is 22.5. The second-order valence-electron chi connectivity index (χ2n) is 9.65. The lowest BCUT2D eigenvalue weighted by molar-refractivity contribution is -0.0500. The molecule has 1 atom stereocenters. The lowest BCUT2D eigenvalue weighted by Gasteiger charge is -2.25. The maximum absolute atomic E-state index is 13.1. The molecule has 0 aromatic heterocycles. The highest BCUT2D eigenvalue weighted by molar-refractivity contribution is 7.91. The second kappa shape index (κ2) is 13.5. The first-order valence-electron chi connectivity index (χ1n) is 12.9. The molecule has 0 radical (unpaired) electrons. The Hall–Kier alpha value is -3.42. The van der Waals surface area contributed by atoms with Gasteiger partial charge in [-0.25, -0.2) is 8.42 Å². The van der Waals surface area contributed by atoms with Crippen molar-refractivity contribution in [3.63, 3.8) is 0 Å². The number of aliphatic hydroxyl groups excluding tert-OH is 1. The van der Waals surface area contributed by atoms with Crippen LogP contribution in [0.25, 0.3) is 0 Å². The van der Waals surface area contributed by atoms with E-state index in [-0.39, 0.29) is 4.90 Å². The van der Waals surface area contributed by atoms with Crippen LogP contribution in [0.1, 0.15) is 22.8 Å². The molecule has 4 rings (SSSR count). The predicted molar refractivity (Wildman–Crippen MR) is 156 cm³/mol. The molecule has 0 fully saturated rings. The molecule has 4 aromatic carbocycles. The Bertz CT molecular complexity index is 1750. The van der Waals surface area contributed by atoms with E-state index in [4.69, 9.17) is 11.6 Å². The molecule has 0 bridgehead atoms. The molecule has 0 saturated carbocycles. The van der Waals surface area contributed by atoms with Gasteiger partial charge in [-0.3, -0.25) is 4.90 Å². The number of rotatable bonds is 12. The van der Waals surface area contributed by atoms with Gasteiger partial charge in [-0.05, 0) is 59.5 Å². The van der Waals surface area contributed by atoms with E-state index < -0.39 is 42.2 Å². The summed E-state index contributed by atoms with van der Waals surface area (Å²) in [5, 5.41) is 11.4. The van der Waals surface area contributed by atoms with Crippen molar-refractivity contribution in [2.24, 2.45) is 0 Å². The molecule has 0 heterocycles. The summed E-state index contributed by atoms with van der Waals surface area (Å²) in [5.41, 5.74) is -3.12. The van der Waals surface area contributed by atoms with E-state index in [0.29, 0.717) is 36.6 Å². The van der Waals surface area contributed by atoms with Crippen molar-refractivity contribution in [2.45, 2.75) is 34.4 Å². The summed E-state index contributed by atoms with van der Waals surface area (Å²) in [5.74, 6) is -0.784. The van der Waals surface area contributed by atoms with Crippen LogP contribution in [0.4, 0.5) is 13.2 Å². The van der Waals surface area contributed by atoms with Crippen molar-refractivity contribution in [3.8, 4) is 5.75 Å². The van der Waals surface area contributed by atoms with Gasteiger partial charge < -0.3 is 9.29 Å². The summed E-state index contributed by atoms with van der Waals surface area (Å²) >= 11 is 6.09. The Morgan fingerprint density at radius 2 is 1.47 bits per heavy atom. The van der Waals surface area contributed by atoms with Crippen LogP contribution in [0.15, 0.2) is 113 Å². The predicted octanol–water partition coefficient (Wildman–Crippen LogP) is 6.18. The molecule has 7 nitrogen and oxygen atoms in total. The summed E-state index contributed by atoms with van der Waals surface area (Å²) in [6.07, 6.45) is -0.269. The van der Waals surface area contributed by atoms with Gasteiger partial charge >= 0.3 is 15.6 Å². The molecular weight excluding hydrogens is 627 g/mol. The summed E-state index contributed by atoms with van der Waals surface area (Å²) in [6, 6.07) is 26.6. The van der Waals surface area contributed by atoms with Crippen LogP contribution in [0.3, 0.4) is 0 Å². The maximum atomic E-state index is 13.1. The normalized spacial score (nSPS) is 13.2. The van der Waals surface area contributed by atoms with Crippen LogP contribution in [0.5, 0.6) is 5.75 Å². The Balaban J connectivity index is 1.47. The molecule has 0 aliphatic rings. The minimum atomic E-state index is -5.96. The number of hydrogen-bond acceptors (Lipinski definition) is 7. The third kappa shape index (κ3) is 8.58. The lowest BCUT2D eigenvalue weighted by Crippen LogP contribution is -2.30. The number of nitrogens with zero attached hydrogens (tertiary/aromatic N) is 1. The fraction of sp³-hybridized carbons (Fsp3) is 0.200. The standard InChI is InChI=1S/C30H27ClF3NO6S2/c31-25-9-4-8-24(18-25)29(36)21-35(20-23-6-2-1-3-7-23)17-16-22-12-14-27(15-13-22)42(37,38)28-11-5-10-26(19-28)41-43(39,40)30(32,33)34/h1-15,18-19,29,36H,16-17,20-21H2. The first kappa shape index (κ1) is 32.5. The summed E-state index contributed by atoms with van der Waals surface area (Å²) in [6.45, 7) is 1.42. The summed E-state index contributed by atoms with van der Waals surface area (Å²) in [7, 11) is -10.2. The SMILES string of the molecule is O=S(=O)(c1ccc(CCN(Cc2ccccc2)CC(O)c2cccc(Cl)c2)cc1)c1cccc(OS(=O)(=O)C(F)(F)F)c1. The van der Waals surface area contributed by atoms with E-state index in [1.807, 2.05) is 30.3 Å². The van der Waals surface area contributed by atoms with Crippen LogP contribution in [-0.4, -0.2) is 45.4 Å². The molecule has 228 valence electrons. The number of aliphatic hydroxyl groups is 1. The highest BCUT2D eigenvalue weighted by Crippen LogP contribution is 2.30. The van der Waals surface area contributed by atoms with Crippen LogP contribution in [0.2, 0.25) is 5.02 Å². The maximum Gasteiger partial charge on any atom is 0.534 e. The lowest BCUT2D eigenvalue weighted by atomic mass is 10.1. The van der Waals surface area contributed by atoms with Gasteiger partial charge in [0.15, 0.2) is 0 Å². The van der Waals surface area contributed by atoms with Crippen molar-refractivity contribution >= 4 is 31.6 Å². The second-order valence-corrected chi connectivity index (χ2v) is 13.6. The van der Waals surface area contributed by atoms with Crippen LogP contribution >= 0.6 is 11.6 Å². The quantitative estimate of drug-likeness (QED) is 0.144. The van der Waals surface area contributed by atoms with Gasteiger partial charge in [0.25, 0.3) is 0 Å². The number of sulfone groups is 1. The number of halogens is 4. The molecule has 0 saturated heterocycles. The van der Waals surface area contributed by atoms with Crippen molar-refractivity contribution in [2.75, 3.05) is 13.1 Å². The molecule has 0 spiro atoms. The van der Waals surface area contributed by atoms with Crippen LogP contribution in [-0.2, 0) is 32.9 Å². The largest absolute Gasteiger partial charge is 0.534 e. The molecule has 0 aliphatic carbocycles. The minimum Gasteiger partial charge on any atom is -0.387 e. The first-order chi connectivity index (χ1) is 20.2. The zero-order chi connectivity index (χ0) is 31.3. The summed E-state index contributed by atoms with van der Waals surface area (Å²) in [4.78, 5) is 1.51. The van der Waals surface area contributed by atoms with E-state index in [1.165, 1.54) is 12.1 Å². The molecule has 0 aliphatic heterocycles. The van der Waals surface area contributed by atoms with Gasteiger partial charge in [-0.2, -0.15) is 21.6 Å². The van der Waals surface area contributed by atoms with Gasteiger partial charge in [-0.1, -0.05) is 72.3 Å².